The normalized spacial score (nSPS) is 13.7. The van der Waals surface area contributed by atoms with Crippen LogP contribution in [0.15, 0.2) is 48.5 Å². The minimum Gasteiger partial charge on any atom is -0.454 e. The highest BCUT2D eigenvalue weighted by molar-refractivity contribution is 6.30. The highest BCUT2D eigenvalue weighted by Crippen LogP contribution is 2.34. The number of halogens is 1. The van der Waals surface area contributed by atoms with Crippen LogP contribution >= 0.6 is 11.6 Å². The Morgan fingerprint density at radius 1 is 1.16 bits per heavy atom. The van der Waals surface area contributed by atoms with E-state index < -0.39 is 0 Å². The van der Waals surface area contributed by atoms with Crippen LogP contribution < -0.4 is 14.8 Å². The number of hydrogen-bond donors (Lipinski definition) is 1. The molecular formula is C19H15ClN2O3. The molecule has 1 atom stereocenters. The Morgan fingerprint density at radius 3 is 2.84 bits per heavy atom. The van der Waals surface area contributed by atoms with Crippen LogP contribution in [-0.2, 0) is 0 Å². The van der Waals surface area contributed by atoms with Crippen LogP contribution in [-0.4, -0.2) is 17.7 Å². The molecule has 1 amide bonds. The van der Waals surface area contributed by atoms with E-state index in [9.17, 15) is 4.79 Å². The van der Waals surface area contributed by atoms with Gasteiger partial charge < -0.3 is 14.8 Å². The van der Waals surface area contributed by atoms with Crippen LogP contribution in [0.3, 0.4) is 0 Å². The molecule has 2 heterocycles. The Bertz CT molecular complexity index is 974. The first-order chi connectivity index (χ1) is 12.1. The number of pyridine rings is 1. The van der Waals surface area contributed by atoms with E-state index in [2.05, 4.69) is 10.3 Å². The average molecular weight is 355 g/mol. The van der Waals surface area contributed by atoms with Gasteiger partial charge in [0.05, 0.1) is 17.1 Å². The zero-order valence-electron chi connectivity index (χ0n) is 13.5. The lowest BCUT2D eigenvalue weighted by Gasteiger charge is -2.16. The van der Waals surface area contributed by atoms with Gasteiger partial charge in [0.25, 0.3) is 5.91 Å². The first-order valence-corrected chi connectivity index (χ1v) is 8.25. The summed E-state index contributed by atoms with van der Waals surface area (Å²) in [5.41, 5.74) is 2.13. The Kier molecular flexibility index (Phi) is 3.93. The van der Waals surface area contributed by atoms with Gasteiger partial charge in [-0.15, -0.1) is 0 Å². The second-order valence-electron chi connectivity index (χ2n) is 5.82. The molecule has 0 fully saturated rings. The molecule has 4 rings (SSSR count). The van der Waals surface area contributed by atoms with Crippen molar-refractivity contribution in [1.82, 2.24) is 10.3 Å². The number of ether oxygens (including phenoxy) is 2. The smallest absolute Gasteiger partial charge is 0.252 e. The molecule has 0 saturated heterocycles. The van der Waals surface area contributed by atoms with E-state index in [1.807, 2.05) is 49.4 Å². The maximum absolute atomic E-state index is 12.8. The van der Waals surface area contributed by atoms with Crippen molar-refractivity contribution in [2.24, 2.45) is 0 Å². The summed E-state index contributed by atoms with van der Waals surface area (Å²) in [7, 11) is 0. The second kappa shape index (κ2) is 6.26. The van der Waals surface area contributed by atoms with Crippen molar-refractivity contribution >= 4 is 28.4 Å². The SMILES string of the molecule is CC(NC(=O)c1cc(Cl)nc2ccccc12)c1ccc2c(c1)OCO2. The number of benzene rings is 2. The summed E-state index contributed by atoms with van der Waals surface area (Å²) in [5, 5.41) is 4.06. The molecular weight excluding hydrogens is 340 g/mol. The molecule has 5 nitrogen and oxygen atoms in total. The predicted octanol–water partition coefficient (Wildman–Crippen LogP) is 4.11. The molecule has 1 N–H and O–H groups in total. The van der Waals surface area contributed by atoms with E-state index >= 15 is 0 Å². The van der Waals surface area contributed by atoms with Gasteiger partial charge in [0.15, 0.2) is 11.5 Å². The predicted molar refractivity (Wildman–Crippen MR) is 95.2 cm³/mol. The number of fused-ring (bicyclic) bond motifs is 2. The third-order valence-electron chi connectivity index (χ3n) is 4.17. The zero-order chi connectivity index (χ0) is 17.4. The molecule has 2 aromatic carbocycles. The fourth-order valence-electron chi connectivity index (χ4n) is 2.87. The number of nitrogens with zero attached hydrogens (tertiary/aromatic N) is 1. The summed E-state index contributed by atoms with van der Waals surface area (Å²) in [6, 6.07) is 14.5. The van der Waals surface area contributed by atoms with E-state index in [1.165, 1.54) is 0 Å². The van der Waals surface area contributed by atoms with Crippen LogP contribution in [0.1, 0.15) is 28.9 Å². The molecule has 25 heavy (non-hydrogen) atoms. The lowest BCUT2D eigenvalue weighted by Crippen LogP contribution is -2.27. The zero-order valence-corrected chi connectivity index (χ0v) is 14.2. The van der Waals surface area contributed by atoms with Crippen LogP contribution in [0.25, 0.3) is 10.9 Å². The van der Waals surface area contributed by atoms with Gasteiger partial charge >= 0.3 is 0 Å². The number of carbonyl (C=O) groups is 1. The van der Waals surface area contributed by atoms with Crippen molar-refractivity contribution in [2.45, 2.75) is 13.0 Å². The van der Waals surface area contributed by atoms with Gasteiger partial charge in [-0.1, -0.05) is 35.9 Å². The Hall–Kier alpha value is -2.79. The van der Waals surface area contributed by atoms with Gasteiger partial charge in [0, 0.05) is 5.39 Å². The van der Waals surface area contributed by atoms with Crippen molar-refractivity contribution in [3.63, 3.8) is 0 Å². The van der Waals surface area contributed by atoms with Crippen LogP contribution in [0.2, 0.25) is 5.15 Å². The van der Waals surface area contributed by atoms with Crippen molar-refractivity contribution in [3.8, 4) is 11.5 Å². The highest BCUT2D eigenvalue weighted by Gasteiger charge is 2.19. The topological polar surface area (TPSA) is 60.5 Å². The summed E-state index contributed by atoms with van der Waals surface area (Å²) in [5.74, 6) is 1.20. The molecule has 0 bridgehead atoms. The number of para-hydroxylation sites is 1. The Balaban J connectivity index is 1.62. The lowest BCUT2D eigenvalue weighted by atomic mass is 10.1. The molecule has 6 heteroatoms. The fraction of sp³-hybridized carbons (Fsp3) is 0.158. The first-order valence-electron chi connectivity index (χ1n) is 7.87. The van der Waals surface area contributed by atoms with Gasteiger partial charge in [0.2, 0.25) is 6.79 Å². The minimum absolute atomic E-state index is 0.201. The number of hydrogen-bond acceptors (Lipinski definition) is 4. The molecule has 1 aromatic heterocycles. The third-order valence-corrected chi connectivity index (χ3v) is 4.37. The summed E-state index contributed by atoms with van der Waals surface area (Å²) in [6.07, 6.45) is 0. The lowest BCUT2D eigenvalue weighted by molar-refractivity contribution is 0.0941. The standard InChI is InChI=1S/C19H15ClN2O3/c1-11(12-6-7-16-17(8-12)25-10-24-16)21-19(23)14-9-18(20)22-15-5-3-2-4-13(14)15/h2-9,11H,10H2,1H3,(H,21,23). The quantitative estimate of drug-likeness (QED) is 0.719. The summed E-state index contributed by atoms with van der Waals surface area (Å²) >= 11 is 6.06. The molecule has 126 valence electrons. The monoisotopic (exact) mass is 354 g/mol. The number of aromatic nitrogens is 1. The van der Waals surface area contributed by atoms with Crippen molar-refractivity contribution in [3.05, 3.63) is 64.8 Å². The number of nitrogens with one attached hydrogen (secondary N) is 1. The summed E-state index contributed by atoms with van der Waals surface area (Å²) < 4.78 is 10.7. The van der Waals surface area contributed by atoms with Gasteiger partial charge in [-0.25, -0.2) is 4.98 Å². The second-order valence-corrected chi connectivity index (χ2v) is 6.20. The van der Waals surface area contributed by atoms with Crippen LogP contribution in [0.5, 0.6) is 11.5 Å². The average Bonchev–Trinajstić information content (AvgIpc) is 3.08. The minimum atomic E-state index is -0.203. The third kappa shape index (κ3) is 2.98. The van der Waals surface area contributed by atoms with Gasteiger partial charge in [0.1, 0.15) is 5.15 Å². The van der Waals surface area contributed by atoms with Crippen molar-refractivity contribution in [1.29, 1.82) is 0 Å². The molecule has 1 aliphatic heterocycles. The maximum Gasteiger partial charge on any atom is 0.252 e. The molecule has 1 aliphatic rings. The molecule has 0 radical (unpaired) electrons. The molecule has 0 aliphatic carbocycles. The van der Waals surface area contributed by atoms with E-state index in [4.69, 9.17) is 21.1 Å². The highest BCUT2D eigenvalue weighted by atomic mass is 35.5. The van der Waals surface area contributed by atoms with Crippen molar-refractivity contribution in [2.75, 3.05) is 6.79 Å². The van der Waals surface area contributed by atoms with Crippen molar-refractivity contribution < 1.29 is 14.3 Å². The Morgan fingerprint density at radius 2 is 1.96 bits per heavy atom. The van der Waals surface area contributed by atoms with E-state index in [0.717, 1.165) is 10.9 Å². The largest absolute Gasteiger partial charge is 0.454 e. The number of carbonyl (C=O) groups excluding carboxylic acids is 1. The van der Waals surface area contributed by atoms with Gasteiger partial charge in [-0.05, 0) is 36.8 Å². The van der Waals surface area contributed by atoms with E-state index in [-0.39, 0.29) is 18.7 Å². The summed E-state index contributed by atoms with van der Waals surface area (Å²) in [6.45, 7) is 2.14. The fourth-order valence-corrected chi connectivity index (χ4v) is 3.07. The molecule has 3 aromatic rings. The van der Waals surface area contributed by atoms with E-state index in [1.54, 1.807) is 6.07 Å². The Labute approximate surface area is 149 Å². The van der Waals surface area contributed by atoms with Crippen LogP contribution in [0, 0.1) is 0 Å². The van der Waals surface area contributed by atoms with Gasteiger partial charge in [-0.3, -0.25) is 4.79 Å². The van der Waals surface area contributed by atoms with Gasteiger partial charge in [-0.2, -0.15) is 0 Å². The van der Waals surface area contributed by atoms with E-state index in [0.29, 0.717) is 27.7 Å². The van der Waals surface area contributed by atoms with Crippen LogP contribution in [0.4, 0.5) is 0 Å². The number of amides is 1. The molecule has 0 saturated carbocycles. The maximum atomic E-state index is 12.8. The molecule has 1 unspecified atom stereocenters. The molecule has 0 spiro atoms. The first kappa shape index (κ1) is 15.7. The summed E-state index contributed by atoms with van der Waals surface area (Å²) in [4.78, 5) is 17.0. The number of rotatable bonds is 3.